The predicted octanol–water partition coefficient (Wildman–Crippen LogP) is 1.53. The Kier molecular flexibility index (Phi) is 5.41. The van der Waals surface area contributed by atoms with Gasteiger partial charge < -0.3 is 10.6 Å². The van der Waals surface area contributed by atoms with E-state index in [9.17, 15) is 19.7 Å². The maximum atomic E-state index is 12.1. The molecule has 0 saturated heterocycles. The van der Waals surface area contributed by atoms with Crippen LogP contribution in [0.1, 0.15) is 0 Å². The number of rotatable bonds is 7. The summed E-state index contributed by atoms with van der Waals surface area (Å²) < 4.78 is 1.46. The Morgan fingerprint density at radius 1 is 1.11 bits per heavy atom. The molecule has 9 heteroatoms. The Balaban J connectivity index is 1.56. The summed E-state index contributed by atoms with van der Waals surface area (Å²) in [6.45, 7) is 0.574. The fourth-order valence-electron chi connectivity index (χ4n) is 2.66. The highest BCUT2D eigenvalue weighted by Crippen LogP contribution is 2.22. The lowest BCUT2D eigenvalue weighted by molar-refractivity contribution is -0.384. The van der Waals surface area contributed by atoms with E-state index in [1.165, 1.54) is 16.9 Å². The summed E-state index contributed by atoms with van der Waals surface area (Å²) in [5.74, 6) is -0.277. The zero-order valence-corrected chi connectivity index (χ0v) is 14.3. The third kappa shape index (κ3) is 4.27. The number of nitro benzene ring substituents is 1. The molecule has 27 heavy (non-hydrogen) atoms. The van der Waals surface area contributed by atoms with Crippen LogP contribution >= 0.6 is 0 Å². The molecule has 1 heterocycles. The second-order valence-electron chi connectivity index (χ2n) is 5.73. The van der Waals surface area contributed by atoms with Crippen molar-refractivity contribution >= 4 is 28.2 Å². The lowest BCUT2D eigenvalue weighted by Gasteiger charge is -2.11. The van der Waals surface area contributed by atoms with Gasteiger partial charge in [-0.3, -0.25) is 24.4 Å². The summed E-state index contributed by atoms with van der Waals surface area (Å²) in [7, 11) is 0. The van der Waals surface area contributed by atoms with Gasteiger partial charge >= 0.3 is 0 Å². The molecule has 1 aromatic heterocycles. The van der Waals surface area contributed by atoms with Gasteiger partial charge in [-0.1, -0.05) is 24.3 Å². The molecule has 0 saturated carbocycles. The number of benzene rings is 2. The Morgan fingerprint density at radius 2 is 1.85 bits per heavy atom. The van der Waals surface area contributed by atoms with Gasteiger partial charge in [-0.15, -0.1) is 0 Å². The molecule has 2 aromatic carbocycles. The predicted molar refractivity (Wildman–Crippen MR) is 101 cm³/mol. The number of aromatic nitrogens is 2. The van der Waals surface area contributed by atoms with Gasteiger partial charge in [-0.2, -0.15) is 5.10 Å². The topological polar surface area (TPSA) is 119 Å². The number of fused-ring (bicyclic) bond motifs is 1. The van der Waals surface area contributed by atoms with E-state index in [4.69, 9.17) is 0 Å². The highest BCUT2D eigenvalue weighted by atomic mass is 16.6. The Bertz CT molecular complexity index is 1050. The summed E-state index contributed by atoms with van der Waals surface area (Å²) >= 11 is 0. The quantitative estimate of drug-likeness (QED) is 0.371. The minimum Gasteiger partial charge on any atom is -0.378 e. The second kappa shape index (κ2) is 8.09. The van der Waals surface area contributed by atoms with Crippen molar-refractivity contribution in [3.8, 4) is 0 Å². The number of amides is 1. The van der Waals surface area contributed by atoms with E-state index in [0.29, 0.717) is 23.1 Å². The number of anilines is 1. The normalized spacial score (nSPS) is 10.5. The van der Waals surface area contributed by atoms with E-state index >= 15 is 0 Å². The summed E-state index contributed by atoms with van der Waals surface area (Å²) in [5, 5.41) is 21.1. The van der Waals surface area contributed by atoms with E-state index in [0.717, 1.165) is 0 Å². The number of carbonyl (C=O) groups excluding carboxylic acids is 1. The molecular weight excluding hydrogens is 350 g/mol. The molecule has 0 spiro atoms. The number of nitrogens with one attached hydrogen (secondary N) is 2. The first-order valence-corrected chi connectivity index (χ1v) is 8.25. The van der Waals surface area contributed by atoms with Crippen LogP contribution < -0.4 is 16.1 Å². The first-order chi connectivity index (χ1) is 13.1. The standard InChI is InChI=1S/C18H17N5O4/c24-17-11-21-22(15-7-3-1-5-13(15)17)12-18(25)20-10-9-19-14-6-2-4-8-16(14)23(26)27/h1-8,11,19H,9-10,12H2,(H,20,25). The van der Waals surface area contributed by atoms with Crippen molar-refractivity contribution in [2.24, 2.45) is 0 Å². The third-order valence-electron chi connectivity index (χ3n) is 3.92. The SMILES string of the molecule is O=C(Cn1ncc(=O)c2ccccc21)NCCNc1ccccc1[N+](=O)[O-]. The molecule has 0 aliphatic rings. The van der Waals surface area contributed by atoms with Crippen molar-refractivity contribution in [1.82, 2.24) is 15.1 Å². The van der Waals surface area contributed by atoms with Crippen LogP contribution in [0.3, 0.4) is 0 Å². The summed E-state index contributed by atoms with van der Waals surface area (Å²) in [4.78, 5) is 34.4. The smallest absolute Gasteiger partial charge is 0.292 e. The minimum atomic E-state index is -0.464. The van der Waals surface area contributed by atoms with Crippen LogP contribution in [0.15, 0.2) is 59.5 Å². The highest BCUT2D eigenvalue weighted by Gasteiger charge is 2.12. The van der Waals surface area contributed by atoms with Crippen molar-refractivity contribution in [1.29, 1.82) is 0 Å². The van der Waals surface area contributed by atoms with Crippen LogP contribution in [0.5, 0.6) is 0 Å². The Hall–Kier alpha value is -3.75. The Morgan fingerprint density at radius 3 is 2.67 bits per heavy atom. The first kappa shape index (κ1) is 18.1. The van der Waals surface area contributed by atoms with Crippen LogP contribution in [-0.2, 0) is 11.3 Å². The van der Waals surface area contributed by atoms with Crippen LogP contribution in [0.25, 0.3) is 10.9 Å². The molecule has 0 atom stereocenters. The molecular formula is C18H17N5O4. The monoisotopic (exact) mass is 367 g/mol. The van der Waals surface area contributed by atoms with Crippen molar-refractivity contribution in [3.63, 3.8) is 0 Å². The van der Waals surface area contributed by atoms with E-state index in [2.05, 4.69) is 15.7 Å². The molecule has 3 rings (SSSR count). The van der Waals surface area contributed by atoms with Gasteiger partial charge in [0.1, 0.15) is 12.2 Å². The molecule has 2 N–H and O–H groups in total. The number of nitrogens with zero attached hydrogens (tertiary/aromatic N) is 3. The summed E-state index contributed by atoms with van der Waals surface area (Å²) in [6, 6.07) is 13.2. The summed E-state index contributed by atoms with van der Waals surface area (Å²) in [5.41, 5.74) is 0.756. The van der Waals surface area contributed by atoms with Gasteiger partial charge in [0.15, 0.2) is 0 Å². The van der Waals surface area contributed by atoms with E-state index in [1.807, 2.05) is 0 Å². The van der Waals surface area contributed by atoms with E-state index < -0.39 is 4.92 Å². The van der Waals surface area contributed by atoms with E-state index in [1.54, 1.807) is 42.5 Å². The fourth-order valence-corrected chi connectivity index (χ4v) is 2.66. The highest BCUT2D eigenvalue weighted by molar-refractivity contribution is 5.81. The lowest BCUT2D eigenvalue weighted by atomic mass is 10.2. The van der Waals surface area contributed by atoms with Gasteiger partial charge in [-0.05, 0) is 18.2 Å². The largest absolute Gasteiger partial charge is 0.378 e. The number of para-hydroxylation sites is 3. The van der Waals surface area contributed by atoms with Crippen LogP contribution in [0.2, 0.25) is 0 Å². The number of hydrogen-bond acceptors (Lipinski definition) is 6. The van der Waals surface area contributed by atoms with E-state index in [-0.39, 0.29) is 30.1 Å². The van der Waals surface area contributed by atoms with Gasteiger partial charge in [-0.25, -0.2) is 0 Å². The summed E-state index contributed by atoms with van der Waals surface area (Å²) in [6.07, 6.45) is 1.19. The average Bonchev–Trinajstić information content (AvgIpc) is 2.68. The van der Waals surface area contributed by atoms with Gasteiger partial charge in [0.25, 0.3) is 5.69 Å². The zero-order valence-electron chi connectivity index (χ0n) is 14.3. The maximum absolute atomic E-state index is 12.1. The van der Waals surface area contributed by atoms with Crippen LogP contribution in [0.4, 0.5) is 11.4 Å². The zero-order chi connectivity index (χ0) is 19.2. The molecule has 0 bridgehead atoms. The van der Waals surface area contributed by atoms with Crippen LogP contribution in [-0.4, -0.2) is 33.7 Å². The third-order valence-corrected chi connectivity index (χ3v) is 3.92. The van der Waals surface area contributed by atoms with Gasteiger partial charge in [0, 0.05) is 24.5 Å². The number of carbonyl (C=O) groups is 1. The molecule has 138 valence electrons. The van der Waals surface area contributed by atoms with Crippen LogP contribution in [0, 0.1) is 10.1 Å². The molecule has 9 nitrogen and oxygen atoms in total. The molecule has 0 fully saturated rings. The van der Waals surface area contributed by atoms with Gasteiger partial charge in [0.2, 0.25) is 11.3 Å². The fraction of sp³-hybridized carbons (Fsp3) is 0.167. The molecule has 3 aromatic rings. The molecule has 0 aliphatic heterocycles. The molecule has 1 amide bonds. The van der Waals surface area contributed by atoms with Crippen molar-refractivity contribution in [3.05, 3.63) is 75.1 Å². The number of nitro groups is 1. The second-order valence-corrected chi connectivity index (χ2v) is 5.73. The first-order valence-electron chi connectivity index (χ1n) is 8.25. The maximum Gasteiger partial charge on any atom is 0.292 e. The molecule has 0 radical (unpaired) electrons. The minimum absolute atomic E-state index is 0.0206. The average molecular weight is 367 g/mol. The Labute approximate surface area is 153 Å². The van der Waals surface area contributed by atoms with Crippen molar-refractivity contribution < 1.29 is 9.72 Å². The van der Waals surface area contributed by atoms with Crippen molar-refractivity contribution in [2.45, 2.75) is 6.54 Å². The number of hydrogen-bond donors (Lipinski definition) is 2. The van der Waals surface area contributed by atoms with Crippen molar-refractivity contribution in [2.75, 3.05) is 18.4 Å². The molecule has 0 aliphatic carbocycles. The van der Waals surface area contributed by atoms with Gasteiger partial charge in [0.05, 0.1) is 16.6 Å². The lowest BCUT2D eigenvalue weighted by Crippen LogP contribution is -2.32. The molecule has 0 unspecified atom stereocenters.